The summed E-state index contributed by atoms with van der Waals surface area (Å²) in [6, 6.07) is 5.53. The number of halogens is 6. The maximum absolute atomic E-state index is 13.0. The van der Waals surface area contributed by atoms with Crippen molar-refractivity contribution >= 4 is 11.6 Å². The van der Waals surface area contributed by atoms with Crippen LogP contribution in [-0.4, -0.2) is 41.6 Å². The quantitative estimate of drug-likeness (QED) is 0.720. The summed E-state index contributed by atoms with van der Waals surface area (Å²) >= 11 is 0. The van der Waals surface area contributed by atoms with Crippen LogP contribution in [0.2, 0.25) is 0 Å². The molecule has 1 aromatic carbocycles. The Kier molecular flexibility index (Phi) is 5.30. The van der Waals surface area contributed by atoms with Gasteiger partial charge in [0.1, 0.15) is 5.75 Å². The first-order chi connectivity index (χ1) is 13.3. The topological polar surface area (TPSA) is 49.8 Å². The van der Waals surface area contributed by atoms with Gasteiger partial charge < -0.3 is 14.7 Å². The summed E-state index contributed by atoms with van der Waals surface area (Å²) in [5.74, 6) is -0.327. The van der Waals surface area contributed by atoms with Gasteiger partial charge in [0.2, 0.25) is 5.91 Å². The molecule has 2 aliphatic rings. The maximum Gasteiger partial charge on any atom is 0.425 e. The molecule has 1 saturated carbocycles. The lowest BCUT2D eigenvalue weighted by molar-refractivity contribution is -0.274. The fraction of sp³-hybridized carbons (Fsp3) is 0.632. The largest absolute Gasteiger partial charge is 0.481 e. The molecule has 3 rings (SSSR count). The predicted octanol–water partition coefficient (Wildman–Crippen LogP) is 4.61. The maximum atomic E-state index is 13.0. The summed E-state index contributed by atoms with van der Waals surface area (Å²) < 4.78 is 81.6. The zero-order valence-electron chi connectivity index (χ0n) is 15.6. The molecule has 1 aliphatic heterocycles. The van der Waals surface area contributed by atoms with Gasteiger partial charge in [-0.15, -0.1) is 0 Å². The van der Waals surface area contributed by atoms with Gasteiger partial charge in [0.25, 0.3) is 0 Å². The van der Waals surface area contributed by atoms with Gasteiger partial charge in [-0.2, -0.15) is 26.3 Å². The van der Waals surface area contributed by atoms with Crippen LogP contribution in [0.5, 0.6) is 5.75 Å². The number of hydrogen-bond donors (Lipinski definition) is 1. The second-order valence-electron chi connectivity index (χ2n) is 7.81. The SMILES string of the molecule is C[C@@H](Oc1ccc(N2CCC3(CCC(O)(C(F)(F)F)CC3)C2=O)cc1)C(F)(F)F. The minimum Gasteiger partial charge on any atom is -0.481 e. The summed E-state index contributed by atoms with van der Waals surface area (Å²) in [5.41, 5.74) is -3.27. The number of rotatable bonds is 3. The fourth-order valence-corrected chi connectivity index (χ4v) is 3.93. The Morgan fingerprint density at radius 1 is 1.00 bits per heavy atom. The van der Waals surface area contributed by atoms with Crippen LogP contribution in [-0.2, 0) is 4.79 Å². The molecule has 1 N–H and O–H groups in total. The van der Waals surface area contributed by atoms with E-state index < -0.39 is 42.3 Å². The third-order valence-electron chi connectivity index (χ3n) is 6.00. The molecule has 29 heavy (non-hydrogen) atoms. The zero-order chi connectivity index (χ0) is 21.7. The van der Waals surface area contributed by atoms with E-state index in [1.807, 2.05) is 0 Å². The van der Waals surface area contributed by atoms with Crippen molar-refractivity contribution < 1.29 is 41.0 Å². The number of hydrogen-bond acceptors (Lipinski definition) is 3. The van der Waals surface area contributed by atoms with E-state index in [9.17, 15) is 36.2 Å². The van der Waals surface area contributed by atoms with Crippen molar-refractivity contribution in [3.8, 4) is 5.75 Å². The standard InChI is InChI=1S/C19H21F6NO3/c1-12(18(20,21)22)29-14-4-2-13(3-5-14)26-11-10-16(15(26)27)6-8-17(28,9-7-16)19(23,24)25/h2-5,12,28H,6-11H2,1H3/t12-,16?,17?/m1/s1. The van der Waals surface area contributed by atoms with Crippen LogP contribution in [0.25, 0.3) is 0 Å². The highest BCUT2D eigenvalue weighted by atomic mass is 19.4. The number of amides is 1. The van der Waals surface area contributed by atoms with Gasteiger partial charge in [0.05, 0.1) is 5.41 Å². The van der Waals surface area contributed by atoms with E-state index >= 15 is 0 Å². The molecule has 4 nitrogen and oxygen atoms in total. The minimum absolute atomic E-state index is 0.00663. The second kappa shape index (κ2) is 7.07. The number of aliphatic hydroxyl groups is 1. The average molecular weight is 425 g/mol. The molecule has 10 heteroatoms. The van der Waals surface area contributed by atoms with Gasteiger partial charge in [0.15, 0.2) is 11.7 Å². The van der Waals surface area contributed by atoms with E-state index in [0.29, 0.717) is 18.7 Å². The second-order valence-corrected chi connectivity index (χ2v) is 7.81. The molecule has 1 amide bonds. The van der Waals surface area contributed by atoms with E-state index in [2.05, 4.69) is 0 Å². The smallest absolute Gasteiger partial charge is 0.425 e. The van der Waals surface area contributed by atoms with E-state index in [-0.39, 0.29) is 24.5 Å². The zero-order valence-corrected chi connectivity index (χ0v) is 15.6. The normalized spacial score (nSPS) is 29.4. The van der Waals surface area contributed by atoms with Gasteiger partial charge in [-0.1, -0.05) is 0 Å². The molecule has 0 bridgehead atoms. The molecular formula is C19H21F6NO3. The average Bonchev–Trinajstić information content (AvgIpc) is 2.93. The Morgan fingerprint density at radius 3 is 2.03 bits per heavy atom. The van der Waals surface area contributed by atoms with Crippen molar-refractivity contribution in [1.29, 1.82) is 0 Å². The summed E-state index contributed by atoms with van der Waals surface area (Å²) in [7, 11) is 0. The molecule has 2 fully saturated rings. The lowest BCUT2D eigenvalue weighted by Gasteiger charge is -2.41. The Morgan fingerprint density at radius 2 is 1.55 bits per heavy atom. The minimum atomic E-state index is -4.74. The Bertz CT molecular complexity index is 751. The summed E-state index contributed by atoms with van der Waals surface area (Å²) in [6.07, 6.45) is -12.1. The van der Waals surface area contributed by atoms with Crippen molar-refractivity contribution in [3.05, 3.63) is 24.3 Å². The van der Waals surface area contributed by atoms with Crippen LogP contribution in [0, 0.1) is 5.41 Å². The van der Waals surface area contributed by atoms with Gasteiger partial charge in [-0.25, -0.2) is 0 Å². The van der Waals surface area contributed by atoms with Crippen molar-refractivity contribution in [1.82, 2.24) is 0 Å². The highest BCUT2D eigenvalue weighted by Crippen LogP contribution is 2.52. The molecule has 1 aliphatic carbocycles. The lowest BCUT2D eigenvalue weighted by atomic mass is 9.67. The van der Waals surface area contributed by atoms with E-state index in [1.54, 1.807) is 0 Å². The number of carbonyl (C=O) groups excluding carboxylic acids is 1. The van der Waals surface area contributed by atoms with Crippen LogP contribution in [0.4, 0.5) is 32.0 Å². The lowest BCUT2D eigenvalue weighted by Crippen LogP contribution is -2.51. The number of anilines is 1. The summed E-state index contributed by atoms with van der Waals surface area (Å²) in [6.45, 7) is 1.18. The van der Waals surface area contributed by atoms with Crippen molar-refractivity contribution in [3.63, 3.8) is 0 Å². The van der Waals surface area contributed by atoms with Crippen LogP contribution >= 0.6 is 0 Å². The number of ether oxygens (including phenoxy) is 1. The monoisotopic (exact) mass is 425 g/mol. The van der Waals surface area contributed by atoms with Crippen molar-refractivity contribution in [2.24, 2.45) is 5.41 Å². The van der Waals surface area contributed by atoms with Gasteiger partial charge in [0, 0.05) is 12.2 Å². The predicted molar refractivity (Wildman–Crippen MR) is 91.5 cm³/mol. The van der Waals surface area contributed by atoms with E-state index in [1.165, 1.54) is 29.2 Å². The molecular weight excluding hydrogens is 404 g/mol. The van der Waals surface area contributed by atoms with Crippen LogP contribution in [0.15, 0.2) is 24.3 Å². The number of alkyl halides is 6. The molecule has 0 radical (unpaired) electrons. The Labute approximate surface area is 163 Å². The Balaban J connectivity index is 1.68. The third kappa shape index (κ3) is 4.04. The molecule has 1 atom stereocenters. The van der Waals surface area contributed by atoms with Crippen LogP contribution < -0.4 is 9.64 Å². The van der Waals surface area contributed by atoms with Crippen molar-refractivity contribution in [2.75, 3.05) is 11.4 Å². The highest BCUT2D eigenvalue weighted by molar-refractivity contribution is 6.00. The molecule has 1 aromatic rings. The van der Waals surface area contributed by atoms with Crippen molar-refractivity contribution in [2.45, 2.75) is 63.1 Å². The molecule has 162 valence electrons. The highest BCUT2D eigenvalue weighted by Gasteiger charge is 2.60. The molecule has 0 aromatic heterocycles. The van der Waals surface area contributed by atoms with Gasteiger partial charge in [-0.3, -0.25) is 4.79 Å². The third-order valence-corrected chi connectivity index (χ3v) is 6.00. The summed E-state index contributed by atoms with van der Waals surface area (Å²) in [5, 5.41) is 9.84. The first-order valence-electron chi connectivity index (χ1n) is 9.22. The van der Waals surface area contributed by atoms with Gasteiger partial charge in [-0.05, 0) is 63.3 Å². The first-order valence-corrected chi connectivity index (χ1v) is 9.22. The summed E-state index contributed by atoms with van der Waals surface area (Å²) in [4.78, 5) is 14.3. The molecule has 1 heterocycles. The van der Waals surface area contributed by atoms with Crippen LogP contribution in [0.3, 0.4) is 0 Å². The molecule has 0 unspecified atom stereocenters. The Hall–Kier alpha value is -1.97. The number of benzene rings is 1. The first kappa shape index (κ1) is 21.7. The van der Waals surface area contributed by atoms with Crippen LogP contribution in [0.1, 0.15) is 39.0 Å². The fourth-order valence-electron chi connectivity index (χ4n) is 3.93. The van der Waals surface area contributed by atoms with Gasteiger partial charge >= 0.3 is 12.4 Å². The number of nitrogens with zero attached hydrogens (tertiary/aromatic N) is 1. The molecule has 1 spiro atoms. The van der Waals surface area contributed by atoms with E-state index in [0.717, 1.165) is 6.92 Å². The number of carbonyl (C=O) groups is 1. The van der Waals surface area contributed by atoms with E-state index in [4.69, 9.17) is 4.74 Å². The molecule has 1 saturated heterocycles.